The van der Waals surface area contributed by atoms with E-state index in [4.69, 9.17) is 0 Å². The van der Waals surface area contributed by atoms with Crippen LogP contribution < -0.4 is 0 Å². The van der Waals surface area contributed by atoms with Crippen molar-refractivity contribution < 1.29 is 4.42 Å². The summed E-state index contributed by atoms with van der Waals surface area (Å²) < 4.78 is 4.67. The molecule has 37 valence electrons. The first-order valence-corrected chi connectivity index (χ1v) is 2.29. The van der Waals surface area contributed by atoms with Crippen molar-refractivity contribution in [2.45, 2.75) is 12.1 Å². The molecule has 3 heteroatoms. The first-order chi connectivity index (χ1) is 3.29. The first kappa shape index (κ1) is 4.59. The molecular formula is C4H4NOS. The minimum Gasteiger partial charge on any atom is -0.436 e. The van der Waals surface area contributed by atoms with Gasteiger partial charge < -0.3 is 4.42 Å². The standard InChI is InChI=1S/C4H4NOS/c1-3-2-6-4(7)5-3/h2H,1H3. The topological polar surface area (TPSA) is 26.0 Å². The molecule has 0 N–H and O–H groups in total. The molecule has 0 saturated carbocycles. The second kappa shape index (κ2) is 1.50. The zero-order chi connectivity index (χ0) is 5.28. The van der Waals surface area contributed by atoms with Crippen LogP contribution in [0.15, 0.2) is 15.9 Å². The lowest BCUT2D eigenvalue weighted by Gasteiger charge is -1.65. The molecule has 0 bridgehead atoms. The van der Waals surface area contributed by atoms with E-state index in [1.165, 1.54) is 6.26 Å². The minimum absolute atomic E-state index is 0.317. The Balaban J connectivity index is 3.04. The van der Waals surface area contributed by atoms with Crippen LogP contribution in [0.3, 0.4) is 0 Å². The van der Waals surface area contributed by atoms with Crippen molar-refractivity contribution in [1.29, 1.82) is 0 Å². The third-order valence-corrected chi connectivity index (χ3v) is 0.785. The summed E-state index contributed by atoms with van der Waals surface area (Å²) in [5.41, 5.74) is 0.838. The Morgan fingerprint density at radius 1 is 1.86 bits per heavy atom. The summed E-state index contributed by atoms with van der Waals surface area (Å²) >= 11 is 4.56. The molecule has 2 nitrogen and oxygen atoms in total. The molecule has 0 saturated heterocycles. The average molecular weight is 114 g/mol. The quantitative estimate of drug-likeness (QED) is 0.511. The van der Waals surface area contributed by atoms with Crippen molar-refractivity contribution in [3.05, 3.63) is 12.0 Å². The predicted octanol–water partition coefficient (Wildman–Crippen LogP) is 1.54. The van der Waals surface area contributed by atoms with E-state index in [0.717, 1.165) is 5.69 Å². The van der Waals surface area contributed by atoms with Crippen LogP contribution in [0.5, 0.6) is 0 Å². The Morgan fingerprint density at radius 3 is 2.71 bits per heavy atom. The summed E-state index contributed by atoms with van der Waals surface area (Å²) in [6.45, 7) is 1.83. The van der Waals surface area contributed by atoms with Crippen molar-refractivity contribution in [3.63, 3.8) is 0 Å². The smallest absolute Gasteiger partial charge is 0.288 e. The van der Waals surface area contributed by atoms with Crippen LogP contribution in [0.2, 0.25) is 0 Å². The van der Waals surface area contributed by atoms with Gasteiger partial charge >= 0.3 is 0 Å². The molecule has 1 aromatic rings. The average Bonchev–Trinajstić information content (AvgIpc) is 1.87. The molecule has 1 aromatic heterocycles. The van der Waals surface area contributed by atoms with Crippen LogP contribution >= 0.6 is 12.6 Å². The van der Waals surface area contributed by atoms with Gasteiger partial charge in [-0.25, -0.2) is 4.98 Å². The zero-order valence-corrected chi connectivity index (χ0v) is 4.66. The van der Waals surface area contributed by atoms with Crippen molar-refractivity contribution in [2.75, 3.05) is 0 Å². The Bertz CT molecular complexity index is 144. The highest BCUT2D eigenvalue weighted by molar-refractivity contribution is 7.80. The van der Waals surface area contributed by atoms with Crippen molar-refractivity contribution in [3.8, 4) is 0 Å². The zero-order valence-electron chi connectivity index (χ0n) is 3.84. The maximum Gasteiger partial charge on any atom is 0.288 e. The molecule has 0 aliphatic heterocycles. The van der Waals surface area contributed by atoms with Crippen LogP contribution in [0, 0.1) is 6.92 Å². The second-order valence-electron chi connectivity index (χ2n) is 1.25. The van der Waals surface area contributed by atoms with Gasteiger partial charge in [0, 0.05) is 0 Å². The highest BCUT2D eigenvalue weighted by atomic mass is 32.1. The summed E-state index contributed by atoms with van der Waals surface area (Å²) in [6, 6.07) is 0. The van der Waals surface area contributed by atoms with Gasteiger partial charge in [0.2, 0.25) is 0 Å². The lowest BCUT2D eigenvalue weighted by molar-refractivity contribution is 0.456. The molecule has 1 radical (unpaired) electrons. The van der Waals surface area contributed by atoms with Gasteiger partial charge in [0.15, 0.2) is 0 Å². The van der Waals surface area contributed by atoms with Crippen molar-refractivity contribution in [1.82, 2.24) is 4.98 Å². The molecule has 7 heavy (non-hydrogen) atoms. The molecule has 0 atom stereocenters. The minimum atomic E-state index is 0.317. The maximum atomic E-state index is 4.67. The Morgan fingerprint density at radius 2 is 2.57 bits per heavy atom. The fraction of sp³-hybridized carbons (Fsp3) is 0.250. The summed E-state index contributed by atoms with van der Waals surface area (Å²) in [7, 11) is 0. The summed E-state index contributed by atoms with van der Waals surface area (Å²) in [5.74, 6) is 0. The molecule has 1 heterocycles. The van der Waals surface area contributed by atoms with Gasteiger partial charge in [0.1, 0.15) is 6.26 Å². The molecule has 0 amide bonds. The molecule has 0 fully saturated rings. The van der Waals surface area contributed by atoms with Crippen LogP contribution in [-0.2, 0) is 0 Å². The molecular weight excluding hydrogens is 110 g/mol. The van der Waals surface area contributed by atoms with E-state index in [1.807, 2.05) is 6.92 Å². The van der Waals surface area contributed by atoms with Crippen LogP contribution in [0.25, 0.3) is 0 Å². The third kappa shape index (κ3) is 0.899. The van der Waals surface area contributed by atoms with Gasteiger partial charge in [-0.05, 0) is 19.6 Å². The van der Waals surface area contributed by atoms with Crippen LogP contribution in [-0.4, -0.2) is 4.98 Å². The molecule has 1 rings (SSSR count). The lowest BCUT2D eigenvalue weighted by atomic mass is 10.6. The van der Waals surface area contributed by atoms with Crippen LogP contribution in [0.1, 0.15) is 5.69 Å². The summed E-state index contributed by atoms with van der Waals surface area (Å²) in [6.07, 6.45) is 1.53. The number of hydrogen-bond acceptors (Lipinski definition) is 2. The number of aryl methyl sites for hydroxylation is 1. The monoisotopic (exact) mass is 114 g/mol. The fourth-order valence-electron chi connectivity index (χ4n) is 0.332. The number of hydrogen-bond donors (Lipinski definition) is 0. The molecule has 0 spiro atoms. The third-order valence-electron chi connectivity index (χ3n) is 0.598. The number of aromatic nitrogens is 1. The number of rotatable bonds is 0. The van der Waals surface area contributed by atoms with Gasteiger partial charge in [0.05, 0.1) is 5.69 Å². The van der Waals surface area contributed by atoms with E-state index in [9.17, 15) is 0 Å². The number of oxazole rings is 1. The normalized spacial score (nSPS) is 9.29. The Kier molecular flexibility index (Phi) is 0.982. The second-order valence-corrected chi connectivity index (χ2v) is 1.60. The Hall–Kier alpha value is -0.570. The maximum absolute atomic E-state index is 4.67. The Labute approximate surface area is 47.0 Å². The van der Waals surface area contributed by atoms with Gasteiger partial charge in [-0.3, -0.25) is 0 Å². The predicted molar refractivity (Wildman–Crippen MR) is 27.1 cm³/mol. The van der Waals surface area contributed by atoms with E-state index >= 15 is 0 Å². The van der Waals surface area contributed by atoms with Crippen LogP contribution in [0.4, 0.5) is 0 Å². The lowest BCUT2D eigenvalue weighted by Crippen LogP contribution is -1.63. The highest BCUT2D eigenvalue weighted by Crippen LogP contribution is 2.02. The van der Waals surface area contributed by atoms with E-state index in [0.29, 0.717) is 5.22 Å². The van der Waals surface area contributed by atoms with Gasteiger partial charge in [-0.1, -0.05) is 0 Å². The van der Waals surface area contributed by atoms with E-state index in [1.54, 1.807) is 0 Å². The SMILES string of the molecule is Cc1coc([S])n1. The van der Waals surface area contributed by atoms with Crippen molar-refractivity contribution >= 4 is 12.6 Å². The first-order valence-electron chi connectivity index (χ1n) is 1.88. The van der Waals surface area contributed by atoms with E-state index < -0.39 is 0 Å². The molecule has 0 unspecified atom stereocenters. The highest BCUT2D eigenvalue weighted by Gasteiger charge is 1.90. The summed E-state index contributed by atoms with van der Waals surface area (Å²) in [5, 5.41) is 0.317. The van der Waals surface area contributed by atoms with E-state index in [-0.39, 0.29) is 0 Å². The van der Waals surface area contributed by atoms with E-state index in [2.05, 4.69) is 22.0 Å². The number of nitrogens with zero attached hydrogens (tertiary/aromatic N) is 1. The van der Waals surface area contributed by atoms with Gasteiger partial charge in [-0.2, -0.15) is 0 Å². The fourth-order valence-corrected chi connectivity index (χ4v) is 0.524. The summed E-state index contributed by atoms with van der Waals surface area (Å²) in [4.78, 5) is 3.76. The molecule has 0 aliphatic rings. The van der Waals surface area contributed by atoms with Gasteiger partial charge in [0.25, 0.3) is 5.22 Å². The van der Waals surface area contributed by atoms with Gasteiger partial charge in [-0.15, -0.1) is 0 Å². The van der Waals surface area contributed by atoms with Crippen molar-refractivity contribution in [2.24, 2.45) is 0 Å². The molecule has 0 aliphatic carbocycles. The largest absolute Gasteiger partial charge is 0.436 e. The molecule has 0 aromatic carbocycles.